The van der Waals surface area contributed by atoms with Gasteiger partial charge in [-0.15, -0.1) is 0 Å². The number of carbonyl (C=O) groups is 2. The average Bonchev–Trinajstić information content (AvgIpc) is 3.27. The SMILES string of the molecule is Cc1[nH]c2c(C(=O)N3CCC(n4cc(C(=O)O)cn4)CC3)cccc2c1C. The fourth-order valence-corrected chi connectivity index (χ4v) is 3.81. The molecule has 1 fully saturated rings. The first-order valence-electron chi connectivity index (χ1n) is 9.10. The Morgan fingerprint density at radius 2 is 1.96 bits per heavy atom. The van der Waals surface area contributed by atoms with E-state index < -0.39 is 5.97 Å². The van der Waals surface area contributed by atoms with Crippen LogP contribution in [0.3, 0.4) is 0 Å². The van der Waals surface area contributed by atoms with Crippen LogP contribution in [-0.2, 0) is 0 Å². The maximum atomic E-state index is 13.1. The fourth-order valence-electron chi connectivity index (χ4n) is 3.81. The standard InChI is InChI=1S/C20H22N4O3/c1-12-13(2)22-18-16(12)4-3-5-17(18)19(25)23-8-6-15(7-9-23)24-11-14(10-21-24)20(26)27/h3-5,10-11,15,22H,6-9H2,1-2H3,(H,26,27). The van der Waals surface area contributed by atoms with Crippen molar-refractivity contribution in [3.63, 3.8) is 0 Å². The molecular formula is C20H22N4O3. The molecule has 0 radical (unpaired) electrons. The summed E-state index contributed by atoms with van der Waals surface area (Å²) < 4.78 is 1.71. The lowest BCUT2D eigenvalue weighted by Gasteiger charge is -2.32. The number of hydrogen-bond donors (Lipinski definition) is 2. The van der Waals surface area contributed by atoms with Crippen LogP contribution in [0.1, 0.15) is 50.9 Å². The summed E-state index contributed by atoms with van der Waals surface area (Å²) in [6.07, 6.45) is 4.45. The van der Waals surface area contributed by atoms with Crippen molar-refractivity contribution >= 4 is 22.8 Å². The number of aromatic carboxylic acids is 1. The zero-order valence-corrected chi connectivity index (χ0v) is 15.4. The van der Waals surface area contributed by atoms with Crippen LogP contribution >= 0.6 is 0 Å². The van der Waals surface area contributed by atoms with Gasteiger partial charge in [-0.05, 0) is 38.3 Å². The van der Waals surface area contributed by atoms with Crippen LogP contribution in [0.25, 0.3) is 10.9 Å². The molecule has 7 heteroatoms. The number of carboxylic acid groups (broad SMARTS) is 1. The van der Waals surface area contributed by atoms with E-state index in [0.29, 0.717) is 18.7 Å². The molecule has 2 aromatic heterocycles. The van der Waals surface area contributed by atoms with E-state index in [1.165, 1.54) is 11.8 Å². The van der Waals surface area contributed by atoms with Crippen molar-refractivity contribution in [2.75, 3.05) is 13.1 Å². The number of piperidine rings is 1. The summed E-state index contributed by atoms with van der Waals surface area (Å²) in [5.41, 5.74) is 4.05. The Bertz CT molecular complexity index is 1030. The minimum atomic E-state index is -0.974. The van der Waals surface area contributed by atoms with Gasteiger partial charge in [0.15, 0.2) is 0 Å². The third-order valence-corrected chi connectivity index (χ3v) is 5.55. The Kier molecular flexibility index (Phi) is 4.22. The minimum Gasteiger partial charge on any atom is -0.478 e. The molecule has 27 heavy (non-hydrogen) atoms. The molecule has 0 unspecified atom stereocenters. The van der Waals surface area contributed by atoms with Crippen LogP contribution in [0, 0.1) is 13.8 Å². The maximum Gasteiger partial charge on any atom is 0.338 e. The van der Waals surface area contributed by atoms with E-state index in [1.54, 1.807) is 10.9 Å². The van der Waals surface area contributed by atoms with Gasteiger partial charge in [-0.2, -0.15) is 5.10 Å². The van der Waals surface area contributed by atoms with Crippen LogP contribution in [0.5, 0.6) is 0 Å². The molecule has 1 aliphatic heterocycles. The first-order chi connectivity index (χ1) is 13.0. The molecule has 1 aliphatic rings. The normalized spacial score (nSPS) is 15.4. The number of benzene rings is 1. The van der Waals surface area contributed by atoms with Gasteiger partial charge in [0.25, 0.3) is 5.91 Å². The first-order valence-corrected chi connectivity index (χ1v) is 9.10. The summed E-state index contributed by atoms with van der Waals surface area (Å²) in [5.74, 6) is -0.939. The van der Waals surface area contributed by atoms with Gasteiger partial charge in [-0.25, -0.2) is 4.79 Å². The van der Waals surface area contributed by atoms with E-state index >= 15 is 0 Å². The van der Waals surface area contributed by atoms with Gasteiger partial charge >= 0.3 is 5.97 Å². The quantitative estimate of drug-likeness (QED) is 0.745. The summed E-state index contributed by atoms with van der Waals surface area (Å²) in [6.45, 7) is 5.33. The number of nitrogens with one attached hydrogen (secondary N) is 1. The van der Waals surface area contributed by atoms with Crippen LogP contribution < -0.4 is 0 Å². The molecule has 0 saturated carbocycles. The van der Waals surface area contributed by atoms with Crippen LogP contribution in [0.4, 0.5) is 0 Å². The highest BCUT2D eigenvalue weighted by Gasteiger charge is 2.27. The lowest BCUT2D eigenvalue weighted by atomic mass is 10.0. The second kappa shape index (κ2) is 6.57. The van der Waals surface area contributed by atoms with Crippen LogP contribution in [0.15, 0.2) is 30.6 Å². The number of fused-ring (bicyclic) bond motifs is 1. The average molecular weight is 366 g/mol. The monoisotopic (exact) mass is 366 g/mol. The molecule has 2 N–H and O–H groups in total. The van der Waals surface area contributed by atoms with Gasteiger partial charge in [0.2, 0.25) is 0 Å². The molecule has 4 rings (SSSR count). The number of aryl methyl sites for hydroxylation is 2. The predicted octanol–water partition coefficient (Wildman–Crippen LogP) is 3.16. The molecule has 0 bridgehead atoms. The minimum absolute atomic E-state index is 0.0343. The van der Waals surface area contributed by atoms with Gasteiger partial charge in [0, 0.05) is 30.4 Å². The highest BCUT2D eigenvalue weighted by Crippen LogP contribution is 2.27. The molecule has 3 heterocycles. The van der Waals surface area contributed by atoms with Crippen LogP contribution in [0.2, 0.25) is 0 Å². The molecule has 0 aliphatic carbocycles. The number of aromatic amines is 1. The van der Waals surface area contributed by atoms with E-state index in [4.69, 9.17) is 5.11 Å². The van der Waals surface area contributed by atoms with Gasteiger partial charge < -0.3 is 15.0 Å². The number of amides is 1. The number of aromatic nitrogens is 3. The van der Waals surface area contributed by atoms with E-state index in [9.17, 15) is 9.59 Å². The van der Waals surface area contributed by atoms with Gasteiger partial charge in [-0.1, -0.05) is 12.1 Å². The number of H-pyrrole nitrogens is 1. The summed E-state index contributed by atoms with van der Waals surface area (Å²) in [4.78, 5) is 29.3. The Labute approximate surface area is 156 Å². The van der Waals surface area contributed by atoms with E-state index in [1.807, 2.05) is 30.0 Å². The Hall–Kier alpha value is -3.09. The maximum absolute atomic E-state index is 13.1. The van der Waals surface area contributed by atoms with Crippen molar-refractivity contribution < 1.29 is 14.7 Å². The first kappa shape index (κ1) is 17.3. The zero-order valence-electron chi connectivity index (χ0n) is 15.4. The molecular weight excluding hydrogens is 344 g/mol. The Morgan fingerprint density at radius 1 is 1.22 bits per heavy atom. The van der Waals surface area contributed by atoms with Gasteiger partial charge in [-0.3, -0.25) is 9.48 Å². The van der Waals surface area contributed by atoms with Crippen molar-refractivity contribution in [2.24, 2.45) is 0 Å². The second-order valence-electron chi connectivity index (χ2n) is 7.14. The van der Waals surface area contributed by atoms with E-state index in [0.717, 1.165) is 29.4 Å². The molecule has 1 amide bonds. The van der Waals surface area contributed by atoms with Crippen molar-refractivity contribution in [1.82, 2.24) is 19.7 Å². The highest BCUT2D eigenvalue weighted by molar-refractivity contribution is 6.06. The molecule has 0 atom stereocenters. The van der Waals surface area contributed by atoms with Crippen molar-refractivity contribution in [3.05, 3.63) is 53.0 Å². The number of carboxylic acids is 1. The molecule has 3 aromatic rings. The third kappa shape index (κ3) is 2.99. The predicted molar refractivity (Wildman–Crippen MR) is 101 cm³/mol. The Morgan fingerprint density at radius 3 is 2.63 bits per heavy atom. The van der Waals surface area contributed by atoms with E-state index in [2.05, 4.69) is 17.0 Å². The topological polar surface area (TPSA) is 91.2 Å². The smallest absolute Gasteiger partial charge is 0.338 e. The third-order valence-electron chi connectivity index (χ3n) is 5.55. The fraction of sp³-hybridized carbons (Fsp3) is 0.350. The Balaban J connectivity index is 1.50. The number of likely N-dealkylation sites (tertiary alicyclic amines) is 1. The molecule has 1 aromatic carbocycles. The number of nitrogens with zero attached hydrogens (tertiary/aromatic N) is 3. The largest absolute Gasteiger partial charge is 0.478 e. The van der Waals surface area contributed by atoms with Crippen LogP contribution in [-0.4, -0.2) is 49.7 Å². The van der Waals surface area contributed by atoms with Crippen molar-refractivity contribution in [3.8, 4) is 0 Å². The summed E-state index contributed by atoms with van der Waals surface area (Å²) in [5, 5.41) is 14.3. The number of hydrogen-bond acceptors (Lipinski definition) is 3. The van der Waals surface area contributed by atoms with Gasteiger partial charge in [0.05, 0.1) is 28.9 Å². The van der Waals surface area contributed by atoms with E-state index in [-0.39, 0.29) is 17.5 Å². The number of rotatable bonds is 3. The van der Waals surface area contributed by atoms with Gasteiger partial charge in [0.1, 0.15) is 0 Å². The van der Waals surface area contributed by atoms with Crippen molar-refractivity contribution in [1.29, 1.82) is 0 Å². The molecule has 0 spiro atoms. The highest BCUT2D eigenvalue weighted by atomic mass is 16.4. The summed E-state index contributed by atoms with van der Waals surface area (Å²) in [6, 6.07) is 5.96. The number of para-hydroxylation sites is 1. The molecule has 7 nitrogen and oxygen atoms in total. The zero-order chi connectivity index (χ0) is 19.1. The molecule has 1 saturated heterocycles. The number of carbonyl (C=O) groups excluding carboxylic acids is 1. The summed E-state index contributed by atoms with van der Waals surface area (Å²) >= 11 is 0. The lowest BCUT2D eigenvalue weighted by molar-refractivity contribution is 0.0689. The summed E-state index contributed by atoms with van der Waals surface area (Å²) in [7, 11) is 0. The second-order valence-corrected chi connectivity index (χ2v) is 7.14. The lowest BCUT2D eigenvalue weighted by Crippen LogP contribution is -2.39. The molecule has 140 valence electrons. The van der Waals surface area contributed by atoms with Crippen molar-refractivity contribution in [2.45, 2.75) is 32.7 Å².